The number of hydrogen-bond donors (Lipinski definition) is 1. The molecule has 0 spiro atoms. The number of thioether (sulfide) groups is 1. The van der Waals surface area contributed by atoms with Crippen LogP contribution in [0, 0.1) is 5.82 Å². The predicted octanol–water partition coefficient (Wildman–Crippen LogP) is 1.92. The summed E-state index contributed by atoms with van der Waals surface area (Å²) in [6.45, 7) is 0.871. The van der Waals surface area contributed by atoms with Crippen molar-refractivity contribution in [1.29, 1.82) is 0 Å². The van der Waals surface area contributed by atoms with E-state index in [0.29, 0.717) is 11.2 Å². The summed E-state index contributed by atoms with van der Waals surface area (Å²) in [5, 5.41) is 3.76. The van der Waals surface area contributed by atoms with Gasteiger partial charge in [0.25, 0.3) is 0 Å². The quantitative estimate of drug-likeness (QED) is 0.832. The fourth-order valence-corrected chi connectivity index (χ4v) is 2.62. The second-order valence-electron chi connectivity index (χ2n) is 3.24. The predicted molar refractivity (Wildman–Crippen MR) is 56.0 cm³/mol. The first-order chi connectivity index (χ1) is 6.84. The van der Waals surface area contributed by atoms with Gasteiger partial charge < -0.3 is 5.32 Å². The second-order valence-corrected chi connectivity index (χ2v) is 4.65. The van der Waals surface area contributed by atoms with Crippen LogP contribution < -0.4 is 5.32 Å². The third kappa shape index (κ3) is 2.57. The lowest BCUT2D eigenvalue weighted by Gasteiger charge is -2.09. The molecule has 1 aromatic heterocycles. The molecule has 0 radical (unpaired) electrons. The standard InChI is InChI=1S/C9H12FN3S/c10-7-4-11-9(12-5-7)13-6-8-2-1-3-14-8/h4-5,8H,1-3,6H2,(H,11,12,13). The van der Waals surface area contributed by atoms with E-state index in [9.17, 15) is 4.39 Å². The summed E-state index contributed by atoms with van der Waals surface area (Å²) in [7, 11) is 0. The van der Waals surface area contributed by atoms with Crippen LogP contribution in [0.25, 0.3) is 0 Å². The Kier molecular flexibility index (Phi) is 3.18. The van der Waals surface area contributed by atoms with Crippen LogP contribution in [0.4, 0.5) is 10.3 Å². The molecule has 0 aromatic carbocycles. The minimum atomic E-state index is -0.397. The van der Waals surface area contributed by atoms with Crippen LogP contribution in [0.2, 0.25) is 0 Å². The van der Waals surface area contributed by atoms with E-state index < -0.39 is 5.82 Å². The lowest BCUT2D eigenvalue weighted by Crippen LogP contribution is -2.15. The molecule has 0 saturated carbocycles. The molecule has 2 heterocycles. The van der Waals surface area contributed by atoms with Gasteiger partial charge in [-0.1, -0.05) is 0 Å². The Hall–Kier alpha value is -0.840. The molecule has 1 aliphatic rings. The fraction of sp³-hybridized carbons (Fsp3) is 0.556. The number of halogens is 1. The van der Waals surface area contributed by atoms with E-state index in [1.165, 1.54) is 31.0 Å². The summed E-state index contributed by atoms with van der Waals surface area (Å²) in [6, 6.07) is 0. The van der Waals surface area contributed by atoms with Crippen molar-refractivity contribution < 1.29 is 4.39 Å². The van der Waals surface area contributed by atoms with Gasteiger partial charge in [-0.05, 0) is 18.6 Å². The molecule has 0 bridgehead atoms. The van der Waals surface area contributed by atoms with Gasteiger partial charge in [-0.15, -0.1) is 0 Å². The molecular weight excluding hydrogens is 201 g/mol. The van der Waals surface area contributed by atoms with E-state index in [2.05, 4.69) is 15.3 Å². The van der Waals surface area contributed by atoms with Gasteiger partial charge >= 0.3 is 0 Å². The molecule has 1 atom stereocenters. The van der Waals surface area contributed by atoms with Crippen molar-refractivity contribution in [2.75, 3.05) is 17.6 Å². The van der Waals surface area contributed by atoms with Crippen LogP contribution in [-0.4, -0.2) is 27.5 Å². The normalized spacial score (nSPS) is 21.1. The summed E-state index contributed by atoms with van der Waals surface area (Å²) in [5.74, 6) is 1.36. The van der Waals surface area contributed by atoms with Gasteiger partial charge in [0.05, 0.1) is 12.4 Å². The molecule has 0 aliphatic carbocycles. The van der Waals surface area contributed by atoms with Crippen molar-refractivity contribution >= 4 is 17.7 Å². The van der Waals surface area contributed by atoms with Gasteiger partial charge in [-0.3, -0.25) is 0 Å². The average molecular weight is 213 g/mol. The molecule has 5 heteroatoms. The SMILES string of the molecule is Fc1cnc(NCC2CCCS2)nc1. The Morgan fingerprint density at radius 2 is 2.29 bits per heavy atom. The molecule has 0 amide bonds. The summed E-state index contributed by atoms with van der Waals surface area (Å²) >= 11 is 1.97. The van der Waals surface area contributed by atoms with Gasteiger partial charge in [0, 0.05) is 11.8 Å². The van der Waals surface area contributed by atoms with Gasteiger partial charge in [0.15, 0.2) is 5.82 Å². The molecule has 76 valence electrons. The minimum absolute atomic E-state index is 0.397. The molecule has 2 rings (SSSR count). The number of nitrogens with zero attached hydrogens (tertiary/aromatic N) is 2. The zero-order valence-electron chi connectivity index (χ0n) is 7.74. The molecule has 1 saturated heterocycles. The molecule has 1 fully saturated rings. The molecule has 1 N–H and O–H groups in total. The van der Waals surface area contributed by atoms with Crippen molar-refractivity contribution in [2.24, 2.45) is 0 Å². The smallest absolute Gasteiger partial charge is 0.222 e. The Bertz CT molecular complexity index is 285. The van der Waals surface area contributed by atoms with Crippen molar-refractivity contribution in [3.8, 4) is 0 Å². The summed E-state index contributed by atoms with van der Waals surface area (Å²) in [6.07, 6.45) is 4.90. The first-order valence-electron chi connectivity index (χ1n) is 4.67. The molecule has 14 heavy (non-hydrogen) atoms. The number of nitrogens with one attached hydrogen (secondary N) is 1. The first kappa shape index (κ1) is 9.71. The lowest BCUT2D eigenvalue weighted by molar-refractivity contribution is 0.614. The van der Waals surface area contributed by atoms with Crippen molar-refractivity contribution in [3.05, 3.63) is 18.2 Å². The fourth-order valence-electron chi connectivity index (χ4n) is 1.41. The maximum atomic E-state index is 12.5. The van der Waals surface area contributed by atoms with Crippen LogP contribution in [0.15, 0.2) is 12.4 Å². The molecule has 1 aromatic rings. The number of rotatable bonds is 3. The van der Waals surface area contributed by atoms with Gasteiger partial charge in [-0.2, -0.15) is 11.8 Å². The molecule has 1 aliphatic heterocycles. The zero-order valence-corrected chi connectivity index (χ0v) is 8.56. The van der Waals surface area contributed by atoms with E-state index >= 15 is 0 Å². The van der Waals surface area contributed by atoms with Gasteiger partial charge in [0.2, 0.25) is 5.95 Å². The summed E-state index contributed by atoms with van der Waals surface area (Å²) < 4.78 is 12.5. The van der Waals surface area contributed by atoms with Crippen LogP contribution >= 0.6 is 11.8 Å². The Morgan fingerprint density at radius 3 is 2.93 bits per heavy atom. The second kappa shape index (κ2) is 4.59. The maximum Gasteiger partial charge on any atom is 0.222 e. The summed E-state index contributed by atoms with van der Waals surface area (Å²) in [4.78, 5) is 7.67. The van der Waals surface area contributed by atoms with Crippen LogP contribution in [0.1, 0.15) is 12.8 Å². The first-order valence-corrected chi connectivity index (χ1v) is 5.72. The molecular formula is C9H12FN3S. The van der Waals surface area contributed by atoms with Gasteiger partial charge in [0.1, 0.15) is 0 Å². The monoisotopic (exact) mass is 213 g/mol. The van der Waals surface area contributed by atoms with Crippen LogP contribution in [0.3, 0.4) is 0 Å². The Morgan fingerprint density at radius 1 is 1.50 bits per heavy atom. The number of anilines is 1. The topological polar surface area (TPSA) is 37.8 Å². The van der Waals surface area contributed by atoms with Crippen molar-refractivity contribution in [2.45, 2.75) is 18.1 Å². The van der Waals surface area contributed by atoms with E-state index in [0.717, 1.165) is 6.54 Å². The van der Waals surface area contributed by atoms with Gasteiger partial charge in [-0.25, -0.2) is 14.4 Å². The lowest BCUT2D eigenvalue weighted by atomic mass is 10.2. The molecule has 3 nitrogen and oxygen atoms in total. The Labute approximate surface area is 86.5 Å². The largest absolute Gasteiger partial charge is 0.353 e. The van der Waals surface area contributed by atoms with E-state index in [1.54, 1.807) is 0 Å². The number of aromatic nitrogens is 2. The summed E-state index contributed by atoms with van der Waals surface area (Å²) in [5.41, 5.74) is 0. The molecule has 1 unspecified atom stereocenters. The van der Waals surface area contributed by atoms with E-state index in [-0.39, 0.29) is 0 Å². The zero-order chi connectivity index (χ0) is 9.80. The van der Waals surface area contributed by atoms with Crippen molar-refractivity contribution in [1.82, 2.24) is 9.97 Å². The highest BCUT2D eigenvalue weighted by atomic mass is 32.2. The third-order valence-electron chi connectivity index (χ3n) is 2.13. The minimum Gasteiger partial charge on any atom is -0.353 e. The van der Waals surface area contributed by atoms with Crippen molar-refractivity contribution in [3.63, 3.8) is 0 Å². The maximum absolute atomic E-state index is 12.5. The van der Waals surface area contributed by atoms with Crippen LogP contribution in [-0.2, 0) is 0 Å². The average Bonchev–Trinajstić information content (AvgIpc) is 2.70. The van der Waals surface area contributed by atoms with E-state index in [1.807, 2.05) is 11.8 Å². The third-order valence-corrected chi connectivity index (χ3v) is 3.53. The number of hydrogen-bond acceptors (Lipinski definition) is 4. The Balaban J connectivity index is 1.82. The highest BCUT2D eigenvalue weighted by Crippen LogP contribution is 2.25. The highest BCUT2D eigenvalue weighted by Gasteiger charge is 2.15. The van der Waals surface area contributed by atoms with E-state index in [4.69, 9.17) is 0 Å². The van der Waals surface area contributed by atoms with Crippen LogP contribution in [0.5, 0.6) is 0 Å². The highest BCUT2D eigenvalue weighted by molar-refractivity contribution is 8.00.